The molecule has 0 spiro atoms. The molecular weight excluding hydrogens is 144 g/mol. The smallest absolute Gasteiger partial charge is 0.318 e. The summed E-state index contributed by atoms with van der Waals surface area (Å²) in [6.07, 6.45) is 3.86. The SMILES string of the molecule is C/C=C/NC(=O)NCCCO. The van der Waals surface area contributed by atoms with E-state index in [-0.39, 0.29) is 12.6 Å². The molecule has 0 aliphatic heterocycles. The second-order valence-corrected chi connectivity index (χ2v) is 1.98. The summed E-state index contributed by atoms with van der Waals surface area (Å²) in [7, 11) is 0. The van der Waals surface area contributed by atoms with Crippen LogP contribution in [0.3, 0.4) is 0 Å². The van der Waals surface area contributed by atoms with Gasteiger partial charge in [0, 0.05) is 19.4 Å². The van der Waals surface area contributed by atoms with Crippen LogP contribution in [0.4, 0.5) is 4.79 Å². The van der Waals surface area contributed by atoms with Crippen LogP contribution in [0.15, 0.2) is 12.3 Å². The monoisotopic (exact) mass is 158 g/mol. The molecule has 2 amide bonds. The van der Waals surface area contributed by atoms with E-state index in [2.05, 4.69) is 10.6 Å². The molecule has 0 aromatic carbocycles. The predicted molar refractivity (Wildman–Crippen MR) is 43.1 cm³/mol. The van der Waals surface area contributed by atoms with Gasteiger partial charge in [0.1, 0.15) is 0 Å². The Bertz CT molecular complexity index is 134. The zero-order valence-corrected chi connectivity index (χ0v) is 6.63. The van der Waals surface area contributed by atoms with Crippen molar-refractivity contribution in [2.45, 2.75) is 13.3 Å². The van der Waals surface area contributed by atoms with Crippen molar-refractivity contribution in [3.05, 3.63) is 12.3 Å². The Morgan fingerprint density at radius 1 is 1.64 bits per heavy atom. The van der Waals surface area contributed by atoms with Gasteiger partial charge in [0.25, 0.3) is 0 Å². The van der Waals surface area contributed by atoms with E-state index in [1.54, 1.807) is 12.3 Å². The minimum Gasteiger partial charge on any atom is -0.396 e. The number of allylic oxidation sites excluding steroid dienone is 1. The van der Waals surface area contributed by atoms with Gasteiger partial charge in [-0.3, -0.25) is 0 Å². The van der Waals surface area contributed by atoms with Gasteiger partial charge in [-0.2, -0.15) is 0 Å². The van der Waals surface area contributed by atoms with Crippen LogP contribution in [-0.2, 0) is 0 Å². The molecule has 0 aromatic rings. The minimum absolute atomic E-state index is 0.101. The van der Waals surface area contributed by atoms with E-state index < -0.39 is 0 Å². The third-order valence-corrected chi connectivity index (χ3v) is 1.00. The van der Waals surface area contributed by atoms with Crippen LogP contribution in [0.25, 0.3) is 0 Å². The van der Waals surface area contributed by atoms with Crippen LogP contribution in [0.5, 0.6) is 0 Å². The van der Waals surface area contributed by atoms with Gasteiger partial charge in [0.15, 0.2) is 0 Å². The Labute approximate surface area is 66.3 Å². The summed E-state index contributed by atoms with van der Waals surface area (Å²) in [5.41, 5.74) is 0. The Morgan fingerprint density at radius 3 is 2.91 bits per heavy atom. The summed E-state index contributed by atoms with van der Waals surface area (Å²) in [5.74, 6) is 0. The van der Waals surface area contributed by atoms with Gasteiger partial charge in [-0.1, -0.05) is 6.08 Å². The molecular formula is C7H14N2O2. The molecule has 0 bridgehead atoms. The van der Waals surface area contributed by atoms with E-state index >= 15 is 0 Å². The molecule has 0 saturated carbocycles. The molecule has 64 valence electrons. The molecule has 0 saturated heterocycles. The number of amides is 2. The maximum absolute atomic E-state index is 10.7. The largest absolute Gasteiger partial charge is 0.396 e. The van der Waals surface area contributed by atoms with Crippen LogP contribution in [0.2, 0.25) is 0 Å². The lowest BCUT2D eigenvalue weighted by atomic mass is 10.4. The highest BCUT2D eigenvalue weighted by molar-refractivity contribution is 5.74. The van der Waals surface area contributed by atoms with E-state index in [0.29, 0.717) is 13.0 Å². The van der Waals surface area contributed by atoms with Crippen molar-refractivity contribution in [1.29, 1.82) is 0 Å². The van der Waals surface area contributed by atoms with Gasteiger partial charge >= 0.3 is 6.03 Å². The van der Waals surface area contributed by atoms with Gasteiger partial charge < -0.3 is 15.7 Å². The molecule has 0 unspecified atom stereocenters. The first-order chi connectivity index (χ1) is 5.31. The van der Waals surface area contributed by atoms with Crippen LogP contribution in [0.1, 0.15) is 13.3 Å². The van der Waals surface area contributed by atoms with Crippen molar-refractivity contribution in [3.63, 3.8) is 0 Å². The van der Waals surface area contributed by atoms with E-state index in [0.717, 1.165) is 0 Å². The predicted octanol–water partition coefficient (Wildman–Crippen LogP) is 0.202. The lowest BCUT2D eigenvalue weighted by molar-refractivity contribution is 0.241. The lowest BCUT2D eigenvalue weighted by Crippen LogP contribution is -2.33. The quantitative estimate of drug-likeness (QED) is 0.512. The van der Waals surface area contributed by atoms with Crippen molar-refractivity contribution in [2.24, 2.45) is 0 Å². The van der Waals surface area contributed by atoms with Crippen LogP contribution in [-0.4, -0.2) is 24.3 Å². The van der Waals surface area contributed by atoms with Crippen molar-refractivity contribution < 1.29 is 9.90 Å². The minimum atomic E-state index is -0.239. The number of aliphatic hydroxyl groups is 1. The van der Waals surface area contributed by atoms with Crippen molar-refractivity contribution in [2.75, 3.05) is 13.2 Å². The molecule has 3 N–H and O–H groups in total. The van der Waals surface area contributed by atoms with Crippen molar-refractivity contribution in [3.8, 4) is 0 Å². The fraction of sp³-hybridized carbons (Fsp3) is 0.571. The molecule has 0 radical (unpaired) electrons. The molecule has 0 aromatic heterocycles. The summed E-state index contributed by atoms with van der Waals surface area (Å²) in [6.45, 7) is 2.41. The van der Waals surface area contributed by atoms with Gasteiger partial charge in [0.05, 0.1) is 0 Å². The number of rotatable bonds is 4. The third kappa shape index (κ3) is 6.86. The highest BCUT2D eigenvalue weighted by Crippen LogP contribution is 1.72. The summed E-state index contributed by atoms with van der Waals surface area (Å²) >= 11 is 0. The number of carbonyl (C=O) groups is 1. The molecule has 0 atom stereocenters. The third-order valence-electron chi connectivity index (χ3n) is 1.00. The van der Waals surface area contributed by atoms with E-state index in [9.17, 15) is 4.79 Å². The highest BCUT2D eigenvalue weighted by Gasteiger charge is 1.92. The average molecular weight is 158 g/mol. The fourth-order valence-electron chi connectivity index (χ4n) is 0.491. The number of aliphatic hydroxyl groups excluding tert-OH is 1. The van der Waals surface area contributed by atoms with E-state index in [1.807, 2.05) is 6.92 Å². The maximum Gasteiger partial charge on any atom is 0.318 e. The molecule has 4 heteroatoms. The average Bonchev–Trinajstić information content (AvgIpc) is 2.01. The number of hydrogen-bond donors (Lipinski definition) is 3. The molecule has 0 rings (SSSR count). The molecule has 0 fully saturated rings. The van der Waals surface area contributed by atoms with Crippen LogP contribution >= 0.6 is 0 Å². The van der Waals surface area contributed by atoms with Crippen LogP contribution < -0.4 is 10.6 Å². The molecule has 4 nitrogen and oxygen atoms in total. The molecule has 11 heavy (non-hydrogen) atoms. The fourth-order valence-corrected chi connectivity index (χ4v) is 0.491. The second kappa shape index (κ2) is 7.08. The number of nitrogens with one attached hydrogen (secondary N) is 2. The highest BCUT2D eigenvalue weighted by atomic mass is 16.3. The first kappa shape index (κ1) is 9.97. The Morgan fingerprint density at radius 2 is 2.36 bits per heavy atom. The Hall–Kier alpha value is -1.03. The lowest BCUT2D eigenvalue weighted by Gasteiger charge is -2.01. The van der Waals surface area contributed by atoms with Gasteiger partial charge in [0.2, 0.25) is 0 Å². The van der Waals surface area contributed by atoms with Gasteiger partial charge in [-0.25, -0.2) is 4.79 Å². The zero-order chi connectivity index (χ0) is 8.53. The van der Waals surface area contributed by atoms with Crippen LogP contribution in [0, 0.1) is 0 Å². The summed E-state index contributed by atoms with van der Waals surface area (Å²) < 4.78 is 0. The van der Waals surface area contributed by atoms with E-state index in [4.69, 9.17) is 5.11 Å². The standard InChI is InChI=1S/C7H14N2O2/c1-2-4-8-7(11)9-5-3-6-10/h2,4,10H,3,5-6H2,1H3,(H2,8,9,11)/b4-2+. The zero-order valence-electron chi connectivity index (χ0n) is 6.63. The van der Waals surface area contributed by atoms with Crippen molar-refractivity contribution >= 4 is 6.03 Å². The molecule has 0 aliphatic carbocycles. The Kier molecular flexibility index (Phi) is 6.42. The first-order valence-electron chi connectivity index (χ1n) is 3.57. The normalized spacial score (nSPS) is 10.0. The maximum atomic E-state index is 10.7. The summed E-state index contributed by atoms with van der Waals surface area (Å²) in [5, 5.41) is 13.4. The summed E-state index contributed by atoms with van der Waals surface area (Å²) in [4.78, 5) is 10.7. The first-order valence-corrected chi connectivity index (χ1v) is 3.57. The van der Waals surface area contributed by atoms with Crippen molar-refractivity contribution in [1.82, 2.24) is 10.6 Å². The Balaban J connectivity index is 3.23. The second-order valence-electron chi connectivity index (χ2n) is 1.98. The topological polar surface area (TPSA) is 61.4 Å². The number of urea groups is 1. The molecule has 0 heterocycles. The van der Waals surface area contributed by atoms with Gasteiger partial charge in [-0.15, -0.1) is 0 Å². The number of hydrogen-bond acceptors (Lipinski definition) is 2. The number of carbonyl (C=O) groups excluding carboxylic acids is 1. The van der Waals surface area contributed by atoms with E-state index in [1.165, 1.54) is 0 Å². The van der Waals surface area contributed by atoms with Gasteiger partial charge in [-0.05, 0) is 13.3 Å². The summed E-state index contributed by atoms with van der Waals surface area (Å²) in [6, 6.07) is -0.239. The molecule has 0 aliphatic rings.